The first kappa shape index (κ1) is 26.5. The van der Waals surface area contributed by atoms with Crippen LogP contribution in [-0.4, -0.2) is 34.6 Å². The van der Waals surface area contributed by atoms with Crippen LogP contribution in [0.1, 0.15) is 29.8 Å². The van der Waals surface area contributed by atoms with Gasteiger partial charge in [-0.2, -0.15) is 13.2 Å². The number of aromatic nitrogens is 4. The number of alkyl halides is 3. The molecule has 3 aromatic rings. The van der Waals surface area contributed by atoms with Crippen molar-refractivity contribution in [3.63, 3.8) is 0 Å². The molecule has 2 N–H and O–H groups in total. The van der Waals surface area contributed by atoms with Gasteiger partial charge in [-0.25, -0.2) is 14.3 Å². The first-order valence-corrected chi connectivity index (χ1v) is 12.5. The summed E-state index contributed by atoms with van der Waals surface area (Å²) in [6, 6.07) is 4.92. The number of hydrogen-bond donors (Lipinski definition) is 2. The number of nitrogens with zero attached hydrogens (tertiary/aromatic N) is 4. The van der Waals surface area contributed by atoms with Gasteiger partial charge in [-0.1, -0.05) is 24.1 Å². The van der Waals surface area contributed by atoms with Crippen LogP contribution in [0.15, 0.2) is 33.9 Å². The molecule has 0 unspecified atom stereocenters. The van der Waals surface area contributed by atoms with Crippen molar-refractivity contribution in [2.24, 2.45) is 7.05 Å². The Bertz CT molecular complexity index is 1440. The molecule has 0 fully saturated rings. The van der Waals surface area contributed by atoms with Gasteiger partial charge in [0.1, 0.15) is 5.82 Å². The second-order valence-corrected chi connectivity index (χ2v) is 9.86. The van der Waals surface area contributed by atoms with Crippen molar-refractivity contribution in [2.45, 2.75) is 44.9 Å². The monoisotopic (exact) mass is 512 g/mol. The van der Waals surface area contributed by atoms with Gasteiger partial charge < -0.3 is 14.4 Å². The van der Waals surface area contributed by atoms with Gasteiger partial charge in [0.05, 0.1) is 12.1 Å². The minimum absolute atomic E-state index is 0.0459. The van der Waals surface area contributed by atoms with Crippen LogP contribution in [0.2, 0.25) is 0 Å². The summed E-state index contributed by atoms with van der Waals surface area (Å²) in [5.74, 6) is 2.65. The normalized spacial score (nSPS) is 12.3. The topological polar surface area (TPSA) is 119 Å². The molecule has 35 heavy (non-hydrogen) atoms. The molecule has 0 aliphatic rings. The maximum atomic E-state index is 13.0. The fraction of sp³-hybridized carbons (Fsp3) is 0.409. The molecule has 188 valence electrons. The summed E-state index contributed by atoms with van der Waals surface area (Å²) < 4.78 is 53.7. The second-order valence-electron chi connectivity index (χ2n) is 8.08. The van der Waals surface area contributed by atoms with E-state index in [-0.39, 0.29) is 56.1 Å². The summed E-state index contributed by atoms with van der Waals surface area (Å²) in [6.07, 6.45) is 1.30. The lowest BCUT2D eigenvalue weighted by atomic mass is 10.1. The Morgan fingerprint density at radius 2 is 1.86 bits per heavy atom. The molecule has 0 spiro atoms. The summed E-state index contributed by atoms with van der Waals surface area (Å²) in [4.78, 5) is 48.4. The quantitative estimate of drug-likeness (QED) is 0.258. The van der Waals surface area contributed by atoms with Gasteiger partial charge in [0.25, 0.3) is 5.56 Å². The van der Waals surface area contributed by atoms with Crippen LogP contribution in [0.5, 0.6) is 0 Å². The predicted molar refractivity (Wildman–Crippen MR) is 123 cm³/mol. The summed E-state index contributed by atoms with van der Waals surface area (Å²) in [5.41, 5.74) is -1.47. The molecule has 9 nitrogen and oxygen atoms in total. The van der Waals surface area contributed by atoms with Crippen LogP contribution in [0.3, 0.4) is 0 Å². The summed E-state index contributed by atoms with van der Waals surface area (Å²) in [5, 5.41) is 0. The van der Waals surface area contributed by atoms with E-state index >= 15 is 0 Å². The van der Waals surface area contributed by atoms with Crippen LogP contribution in [-0.2, 0) is 43.7 Å². The van der Waals surface area contributed by atoms with Gasteiger partial charge in [0.15, 0.2) is 11.2 Å². The molecular formula is C22H24F3N4O5P. The molecule has 0 aliphatic heterocycles. The van der Waals surface area contributed by atoms with Crippen molar-refractivity contribution in [1.82, 2.24) is 18.7 Å². The highest BCUT2D eigenvalue weighted by molar-refractivity contribution is 7.51. The second kappa shape index (κ2) is 10.2. The van der Waals surface area contributed by atoms with E-state index in [2.05, 4.69) is 10.9 Å². The maximum Gasteiger partial charge on any atom is 0.416 e. The van der Waals surface area contributed by atoms with E-state index in [1.807, 2.05) is 0 Å². The highest BCUT2D eigenvalue weighted by atomic mass is 31.2. The molecule has 1 aromatic carbocycles. The third-order valence-electron chi connectivity index (χ3n) is 5.56. The largest absolute Gasteiger partial charge is 0.416 e. The molecule has 0 aliphatic carbocycles. The van der Waals surface area contributed by atoms with Crippen molar-refractivity contribution >= 4 is 18.8 Å². The van der Waals surface area contributed by atoms with E-state index in [9.17, 15) is 27.3 Å². The number of terminal acetylenes is 1. The van der Waals surface area contributed by atoms with E-state index in [4.69, 9.17) is 16.2 Å². The van der Waals surface area contributed by atoms with Crippen molar-refractivity contribution < 1.29 is 27.5 Å². The minimum atomic E-state index is -4.47. The third-order valence-corrected chi connectivity index (χ3v) is 6.46. The first-order valence-electron chi connectivity index (χ1n) is 10.7. The summed E-state index contributed by atoms with van der Waals surface area (Å²) in [7, 11) is -2.62. The van der Waals surface area contributed by atoms with Gasteiger partial charge in [-0.15, -0.1) is 6.42 Å². The van der Waals surface area contributed by atoms with E-state index < -0.39 is 30.6 Å². The van der Waals surface area contributed by atoms with Crippen LogP contribution >= 0.6 is 7.60 Å². The average molecular weight is 512 g/mol. The lowest BCUT2D eigenvalue weighted by Gasteiger charge is -2.10. The molecule has 13 heteroatoms. The Morgan fingerprint density at radius 1 is 1.14 bits per heavy atom. The fourth-order valence-electron chi connectivity index (χ4n) is 3.81. The summed E-state index contributed by atoms with van der Waals surface area (Å²) >= 11 is 0. The smallest absolute Gasteiger partial charge is 0.325 e. The average Bonchev–Trinajstić information content (AvgIpc) is 3.09. The Hall–Kier alpha value is -3.13. The van der Waals surface area contributed by atoms with Crippen molar-refractivity contribution in [1.29, 1.82) is 0 Å². The highest BCUT2D eigenvalue weighted by Gasteiger charge is 2.30. The number of benzene rings is 1. The molecule has 3 rings (SSSR count). The minimum Gasteiger partial charge on any atom is -0.325 e. The van der Waals surface area contributed by atoms with Crippen LogP contribution in [0.25, 0.3) is 11.2 Å². The van der Waals surface area contributed by atoms with Gasteiger partial charge in [0.2, 0.25) is 0 Å². The summed E-state index contributed by atoms with van der Waals surface area (Å²) in [6.45, 7) is -0.231. The molecule has 0 bridgehead atoms. The number of halogens is 3. The molecule has 0 atom stereocenters. The Morgan fingerprint density at radius 3 is 2.49 bits per heavy atom. The van der Waals surface area contributed by atoms with E-state index in [0.29, 0.717) is 11.4 Å². The number of fused-ring (bicyclic) bond motifs is 1. The van der Waals surface area contributed by atoms with Gasteiger partial charge in [0, 0.05) is 26.2 Å². The zero-order chi connectivity index (χ0) is 26.0. The van der Waals surface area contributed by atoms with E-state index in [0.717, 1.165) is 16.7 Å². The standard InChI is InChI=1S/C22H24F3N4O5P/c1-3-11-29-20(30)18-19(28(21(29)31)12-4-5-13-35(32,33)34)26-17(27(18)2)10-9-15-7-6-8-16(14-15)22(23,24)25/h1,6-8,14H,4-5,9-13H2,2H3,(H2,32,33,34). The molecule has 0 amide bonds. The van der Waals surface area contributed by atoms with Crippen molar-refractivity contribution in [3.8, 4) is 12.3 Å². The number of unbranched alkanes of at least 4 members (excludes halogenated alkanes) is 1. The molecule has 0 saturated heterocycles. The highest BCUT2D eigenvalue weighted by Crippen LogP contribution is 2.35. The maximum absolute atomic E-state index is 13.0. The Balaban J connectivity index is 1.98. The number of rotatable bonds is 9. The zero-order valence-electron chi connectivity index (χ0n) is 18.8. The number of imidazole rings is 1. The molecule has 2 heterocycles. The van der Waals surface area contributed by atoms with E-state index in [1.165, 1.54) is 15.2 Å². The van der Waals surface area contributed by atoms with E-state index in [1.54, 1.807) is 13.1 Å². The SMILES string of the molecule is C#CCn1c(=O)c2c(nc(CCc3cccc(C(F)(F)F)c3)n2C)n(CCCCP(=O)(O)O)c1=O. The zero-order valence-corrected chi connectivity index (χ0v) is 19.7. The van der Waals surface area contributed by atoms with Gasteiger partial charge >= 0.3 is 19.5 Å². The molecule has 0 radical (unpaired) electrons. The number of hydrogen-bond acceptors (Lipinski definition) is 4. The van der Waals surface area contributed by atoms with Crippen molar-refractivity contribution in [3.05, 3.63) is 62.1 Å². The Kier molecular flexibility index (Phi) is 7.74. The molecule has 0 saturated carbocycles. The predicted octanol–water partition coefficient (Wildman–Crippen LogP) is 2.29. The van der Waals surface area contributed by atoms with Crippen molar-refractivity contribution in [2.75, 3.05) is 6.16 Å². The fourth-order valence-corrected chi connectivity index (χ4v) is 4.45. The lowest BCUT2D eigenvalue weighted by Crippen LogP contribution is -2.40. The molecular weight excluding hydrogens is 488 g/mol. The lowest BCUT2D eigenvalue weighted by molar-refractivity contribution is -0.137. The van der Waals surface area contributed by atoms with Crippen LogP contribution in [0, 0.1) is 12.3 Å². The van der Waals surface area contributed by atoms with Gasteiger partial charge in [-0.3, -0.25) is 13.9 Å². The third kappa shape index (κ3) is 6.11. The van der Waals surface area contributed by atoms with Crippen LogP contribution in [0.4, 0.5) is 13.2 Å². The first-order chi connectivity index (χ1) is 16.3. The number of aryl methyl sites for hydroxylation is 4. The van der Waals surface area contributed by atoms with Crippen LogP contribution < -0.4 is 11.2 Å². The Labute approximate surface area is 198 Å². The van der Waals surface area contributed by atoms with Gasteiger partial charge in [-0.05, 0) is 30.9 Å². The molecule has 2 aromatic heterocycles.